The smallest absolute Gasteiger partial charge is 0.257 e. The highest BCUT2D eigenvalue weighted by Crippen LogP contribution is 2.34. The minimum atomic E-state index is -0.208. The Morgan fingerprint density at radius 1 is 1.23 bits per heavy atom. The van der Waals surface area contributed by atoms with Crippen LogP contribution in [0.25, 0.3) is 10.2 Å². The summed E-state index contributed by atoms with van der Waals surface area (Å²) >= 11 is 3.30. The van der Waals surface area contributed by atoms with Gasteiger partial charge >= 0.3 is 0 Å². The average Bonchev–Trinajstić information content (AvgIpc) is 3.53. The first kappa shape index (κ1) is 19.2. The number of carbonyl (C=O) groups is 1. The SMILES string of the molecule is CN(CC(=O)N1N=C(c2cccs2)C[C@@H]1c1ccco1)Cc1nc2ccccc2s1. The number of aromatic nitrogens is 1. The number of hydrogen-bond donors (Lipinski definition) is 0. The van der Waals surface area contributed by atoms with Crippen LogP contribution in [0, 0.1) is 0 Å². The topological polar surface area (TPSA) is 61.9 Å². The molecule has 6 nitrogen and oxygen atoms in total. The number of furan rings is 1. The fraction of sp³-hybridized carbons (Fsp3) is 0.227. The molecule has 30 heavy (non-hydrogen) atoms. The lowest BCUT2D eigenvalue weighted by molar-refractivity contribution is -0.134. The maximum absolute atomic E-state index is 13.2. The van der Waals surface area contributed by atoms with Gasteiger partial charge in [-0.1, -0.05) is 18.2 Å². The van der Waals surface area contributed by atoms with Crippen LogP contribution in [0.4, 0.5) is 0 Å². The minimum absolute atomic E-state index is 0.0495. The molecular formula is C22H20N4O2S2. The summed E-state index contributed by atoms with van der Waals surface area (Å²) in [5.41, 5.74) is 1.92. The summed E-state index contributed by atoms with van der Waals surface area (Å²) in [4.78, 5) is 20.9. The number of nitrogens with zero attached hydrogens (tertiary/aromatic N) is 4. The molecule has 0 bridgehead atoms. The molecule has 0 fully saturated rings. The highest BCUT2D eigenvalue weighted by molar-refractivity contribution is 7.18. The molecule has 152 valence electrons. The Balaban J connectivity index is 1.32. The highest BCUT2D eigenvalue weighted by Gasteiger charge is 2.35. The van der Waals surface area contributed by atoms with Gasteiger partial charge in [0, 0.05) is 6.42 Å². The minimum Gasteiger partial charge on any atom is -0.467 e. The van der Waals surface area contributed by atoms with Crippen LogP contribution in [-0.4, -0.2) is 40.1 Å². The van der Waals surface area contributed by atoms with Crippen molar-refractivity contribution in [3.05, 3.63) is 75.8 Å². The average molecular weight is 437 g/mol. The molecule has 1 aromatic carbocycles. The molecular weight excluding hydrogens is 416 g/mol. The summed E-state index contributed by atoms with van der Waals surface area (Å²) in [6, 6.07) is 15.7. The summed E-state index contributed by atoms with van der Waals surface area (Å²) in [5.74, 6) is 0.707. The molecule has 4 aromatic rings. The van der Waals surface area contributed by atoms with Gasteiger partial charge in [-0.3, -0.25) is 9.69 Å². The van der Waals surface area contributed by atoms with Gasteiger partial charge < -0.3 is 4.42 Å². The Bertz CT molecular complexity index is 1150. The second-order valence-corrected chi connectivity index (χ2v) is 9.31. The second-order valence-electron chi connectivity index (χ2n) is 7.25. The van der Waals surface area contributed by atoms with Gasteiger partial charge in [-0.15, -0.1) is 22.7 Å². The van der Waals surface area contributed by atoms with Gasteiger partial charge in [0.15, 0.2) is 0 Å². The largest absolute Gasteiger partial charge is 0.467 e. The third kappa shape index (κ3) is 3.81. The van der Waals surface area contributed by atoms with E-state index >= 15 is 0 Å². The first-order valence-corrected chi connectivity index (χ1v) is 11.4. The van der Waals surface area contributed by atoms with E-state index in [1.54, 1.807) is 33.9 Å². The number of hydrogen-bond acceptors (Lipinski definition) is 7. The van der Waals surface area contributed by atoms with Crippen molar-refractivity contribution in [3.8, 4) is 0 Å². The van der Waals surface area contributed by atoms with Crippen LogP contribution in [0.15, 0.2) is 69.7 Å². The number of likely N-dealkylation sites (N-methyl/N-ethyl adjacent to an activating group) is 1. The number of para-hydroxylation sites is 1. The lowest BCUT2D eigenvalue weighted by atomic mass is 10.1. The van der Waals surface area contributed by atoms with E-state index in [0.717, 1.165) is 31.6 Å². The molecule has 5 rings (SSSR count). The second kappa shape index (κ2) is 8.14. The van der Waals surface area contributed by atoms with E-state index < -0.39 is 0 Å². The molecule has 0 aliphatic carbocycles. The van der Waals surface area contributed by atoms with Crippen molar-refractivity contribution in [1.29, 1.82) is 0 Å². The molecule has 0 saturated carbocycles. The molecule has 0 saturated heterocycles. The summed E-state index contributed by atoms with van der Waals surface area (Å²) in [6.45, 7) is 0.875. The zero-order valence-corrected chi connectivity index (χ0v) is 18.0. The maximum atomic E-state index is 13.2. The van der Waals surface area contributed by atoms with E-state index in [1.165, 1.54) is 0 Å². The lowest BCUT2D eigenvalue weighted by Crippen LogP contribution is -2.36. The Kier molecular flexibility index (Phi) is 5.20. The monoisotopic (exact) mass is 436 g/mol. The molecule has 1 aliphatic rings. The molecule has 0 radical (unpaired) electrons. The van der Waals surface area contributed by atoms with E-state index in [0.29, 0.717) is 13.0 Å². The number of carbonyl (C=O) groups excluding carboxylic acids is 1. The number of amides is 1. The molecule has 4 heterocycles. The standard InChI is InChI=1S/C22H20N4O2S2/c1-25(13-21-23-15-6-2-3-8-20(15)30-21)14-22(27)26-17(18-7-4-10-28-18)12-16(24-26)19-9-5-11-29-19/h2-11,17H,12-14H2,1H3/t17-/m1/s1. The maximum Gasteiger partial charge on any atom is 0.257 e. The molecule has 0 unspecified atom stereocenters. The van der Waals surface area contributed by atoms with Gasteiger partial charge in [-0.25, -0.2) is 9.99 Å². The van der Waals surface area contributed by atoms with Gasteiger partial charge in [0.1, 0.15) is 16.8 Å². The predicted molar refractivity (Wildman–Crippen MR) is 120 cm³/mol. The summed E-state index contributed by atoms with van der Waals surface area (Å²) in [6.07, 6.45) is 2.29. The molecule has 0 spiro atoms. The summed E-state index contributed by atoms with van der Waals surface area (Å²) in [5, 5.41) is 9.28. The molecule has 8 heteroatoms. The van der Waals surface area contributed by atoms with Crippen molar-refractivity contribution in [2.75, 3.05) is 13.6 Å². The molecule has 1 amide bonds. The predicted octanol–water partition coefficient (Wildman–Crippen LogP) is 4.76. The number of benzene rings is 1. The van der Waals surface area contributed by atoms with Crippen LogP contribution in [-0.2, 0) is 11.3 Å². The van der Waals surface area contributed by atoms with E-state index in [-0.39, 0.29) is 18.5 Å². The van der Waals surface area contributed by atoms with Crippen molar-refractivity contribution in [2.45, 2.75) is 19.0 Å². The van der Waals surface area contributed by atoms with E-state index in [9.17, 15) is 4.79 Å². The van der Waals surface area contributed by atoms with Crippen LogP contribution in [0.1, 0.15) is 28.1 Å². The summed E-state index contributed by atoms with van der Waals surface area (Å²) in [7, 11) is 1.94. The fourth-order valence-electron chi connectivity index (χ4n) is 3.61. The Labute approximate surface area is 182 Å². The highest BCUT2D eigenvalue weighted by atomic mass is 32.1. The van der Waals surface area contributed by atoms with Crippen molar-refractivity contribution in [3.63, 3.8) is 0 Å². The van der Waals surface area contributed by atoms with E-state index in [4.69, 9.17) is 4.42 Å². The van der Waals surface area contributed by atoms with E-state index in [2.05, 4.69) is 16.2 Å². The normalized spacial score (nSPS) is 16.5. The quantitative estimate of drug-likeness (QED) is 0.437. The number of thiazole rings is 1. The van der Waals surface area contributed by atoms with Crippen LogP contribution in [0.3, 0.4) is 0 Å². The van der Waals surface area contributed by atoms with Crippen molar-refractivity contribution in [1.82, 2.24) is 14.9 Å². The molecule has 3 aromatic heterocycles. The van der Waals surface area contributed by atoms with Crippen molar-refractivity contribution >= 4 is 44.5 Å². The molecule has 1 atom stereocenters. The molecule has 1 aliphatic heterocycles. The first-order chi connectivity index (χ1) is 14.7. The Morgan fingerprint density at radius 3 is 2.90 bits per heavy atom. The Hall–Kier alpha value is -2.81. The zero-order valence-electron chi connectivity index (χ0n) is 16.4. The van der Waals surface area contributed by atoms with Gasteiger partial charge in [-0.05, 0) is 42.8 Å². The third-order valence-corrected chi connectivity index (χ3v) is 6.93. The van der Waals surface area contributed by atoms with Crippen molar-refractivity contribution in [2.24, 2.45) is 5.10 Å². The van der Waals surface area contributed by atoms with E-state index in [1.807, 2.05) is 59.8 Å². The third-order valence-electron chi connectivity index (χ3n) is 4.99. The van der Waals surface area contributed by atoms with Crippen LogP contribution in [0.2, 0.25) is 0 Å². The van der Waals surface area contributed by atoms with Gasteiger partial charge in [0.2, 0.25) is 0 Å². The molecule has 0 N–H and O–H groups in total. The summed E-state index contributed by atoms with van der Waals surface area (Å²) < 4.78 is 6.77. The first-order valence-electron chi connectivity index (χ1n) is 9.67. The fourth-order valence-corrected chi connectivity index (χ4v) is 5.38. The van der Waals surface area contributed by atoms with Crippen LogP contribution < -0.4 is 0 Å². The van der Waals surface area contributed by atoms with Crippen LogP contribution in [0.5, 0.6) is 0 Å². The van der Waals surface area contributed by atoms with Gasteiger partial charge in [-0.2, -0.15) is 5.10 Å². The zero-order chi connectivity index (χ0) is 20.5. The van der Waals surface area contributed by atoms with Gasteiger partial charge in [0.25, 0.3) is 5.91 Å². The number of thiophene rings is 1. The number of hydrazone groups is 1. The Morgan fingerprint density at radius 2 is 2.13 bits per heavy atom. The number of rotatable bonds is 6. The lowest BCUT2D eigenvalue weighted by Gasteiger charge is -2.22. The van der Waals surface area contributed by atoms with Crippen LogP contribution >= 0.6 is 22.7 Å². The number of fused-ring (bicyclic) bond motifs is 1. The van der Waals surface area contributed by atoms with Gasteiger partial charge in [0.05, 0.1) is 40.2 Å². The van der Waals surface area contributed by atoms with Crippen molar-refractivity contribution < 1.29 is 9.21 Å².